The molecule has 0 spiro atoms. The van der Waals surface area contributed by atoms with Gasteiger partial charge in [0.15, 0.2) is 0 Å². The van der Waals surface area contributed by atoms with Gasteiger partial charge in [0.1, 0.15) is 5.54 Å². The van der Waals surface area contributed by atoms with Gasteiger partial charge in [0.2, 0.25) is 11.9 Å². The lowest BCUT2D eigenvalue weighted by molar-refractivity contribution is -0.137. The lowest BCUT2D eigenvalue weighted by atomic mass is 9.91. The number of aromatic nitrogens is 2. The number of carbonyl (C=O) groups is 1. The summed E-state index contributed by atoms with van der Waals surface area (Å²) in [5.74, 6) is 0.645. The van der Waals surface area contributed by atoms with Crippen molar-refractivity contribution in [2.75, 3.05) is 31.1 Å². The van der Waals surface area contributed by atoms with Gasteiger partial charge in [-0.1, -0.05) is 28.1 Å². The lowest BCUT2D eigenvalue weighted by Gasteiger charge is -2.38. The molecule has 0 aliphatic carbocycles. The van der Waals surface area contributed by atoms with Crippen molar-refractivity contribution in [3.63, 3.8) is 0 Å². The van der Waals surface area contributed by atoms with Gasteiger partial charge in [-0.2, -0.15) is 0 Å². The standard InChI is InChI=1S/C17H20BrN5O.2ClH/c1-17(19,13-3-5-14(18)6-4-13)15(24)22-9-11-23(12-10-22)16-20-7-2-8-21-16;;/h2-8H,9-12,19H2,1H3;2*1H. The molecule has 2 heterocycles. The molecule has 1 amide bonds. The quantitative estimate of drug-likeness (QED) is 0.758. The van der Waals surface area contributed by atoms with E-state index in [0.29, 0.717) is 32.1 Å². The molecule has 2 aromatic rings. The predicted octanol–water partition coefficient (Wildman–Crippen LogP) is 2.61. The zero-order valence-electron chi connectivity index (χ0n) is 14.3. The fourth-order valence-electron chi connectivity index (χ4n) is 2.81. The van der Waals surface area contributed by atoms with Crippen LogP contribution >= 0.6 is 40.7 Å². The average Bonchev–Trinajstić information content (AvgIpc) is 2.62. The van der Waals surface area contributed by atoms with Crippen molar-refractivity contribution < 1.29 is 4.79 Å². The third kappa shape index (κ3) is 4.85. The Balaban J connectivity index is 0.00000169. The van der Waals surface area contributed by atoms with Gasteiger partial charge in [-0.3, -0.25) is 4.79 Å². The summed E-state index contributed by atoms with van der Waals surface area (Å²) in [6.07, 6.45) is 3.45. The van der Waals surface area contributed by atoms with Crippen molar-refractivity contribution in [1.82, 2.24) is 14.9 Å². The second-order valence-electron chi connectivity index (χ2n) is 6.04. The summed E-state index contributed by atoms with van der Waals surface area (Å²) < 4.78 is 0.964. The van der Waals surface area contributed by atoms with Crippen LogP contribution in [0.1, 0.15) is 12.5 Å². The highest BCUT2D eigenvalue weighted by atomic mass is 79.9. The summed E-state index contributed by atoms with van der Waals surface area (Å²) in [6, 6.07) is 9.37. The number of amides is 1. The minimum Gasteiger partial charge on any atom is -0.337 e. The number of piperazine rings is 1. The molecule has 1 aliphatic rings. The highest BCUT2D eigenvalue weighted by Crippen LogP contribution is 2.23. The Kier molecular flexibility index (Phi) is 8.27. The molecule has 6 nitrogen and oxygen atoms in total. The normalized spacial score (nSPS) is 16.1. The van der Waals surface area contributed by atoms with Gasteiger partial charge in [0.25, 0.3) is 0 Å². The Morgan fingerprint density at radius 3 is 2.15 bits per heavy atom. The molecule has 0 saturated carbocycles. The minimum atomic E-state index is -1.04. The molecule has 0 bridgehead atoms. The summed E-state index contributed by atoms with van der Waals surface area (Å²) >= 11 is 3.40. The minimum absolute atomic E-state index is 0. The topological polar surface area (TPSA) is 75.4 Å². The highest BCUT2D eigenvalue weighted by Gasteiger charge is 2.36. The van der Waals surface area contributed by atoms with Gasteiger partial charge in [0.05, 0.1) is 0 Å². The summed E-state index contributed by atoms with van der Waals surface area (Å²) in [6.45, 7) is 4.39. The number of hydrogen-bond donors (Lipinski definition) is 1. The molecule has 26 heavy (non-hydrogen) atoms. The molecular formula is C17H22BrCl2N5O. The molecule has 3 rings (SSSR count). The van der Waals surface area contributed by atoms with E-state index in [4.69, 9.17) is 5.73 Å². The van der Waals surface area contributed by atoms with Crippen LogP contribution in [-0.4, -0.2) is 47.0 Å². The first kappa shape index (κ1) is 22.6. The zero-order valence-corrected chi connectivity index (χ0v) is 17.6. The fourth-order valence-corrected chi connectivity index (χ4v) is 3.08. The van der Waals surface area contributed by atoms with E-state index in [-0.39, 0.29) is 30.7 Å². The van der Waals surface area contributed by atoms with E-state index in [2.05, 4.69) is 30.8 Å². The number of halogens is 3. The van der Waals surface area contributed by atoms with Gasteiger partial charge < -0.3 is 15.5 Å². The SMILES string of the molecule is CC(N)(C(=O)N1CCN(c2ncccn2)CC1)c1ccc(Br)cc1.Cl.Cl. The molecule has 1 fully saturated rings. The second kappa shape index (κ2) is 9.50. The van der Waals surface area contributed by atoms with Crippen molar-refractivity contribution in [2.45, 2.75) is 12.5 Å². The van der Waals surface area contributed by atoms with Gasteiger partial charge in [-0.25, -0.2) is 9.97 Å². The highest BCUT2D eigenvalue weighted by molar-refractivity contribution is 9.10. The maximum Gasteiger partial charge on any atom is 0.247 e. The Morgan fingerprint density at radius 1 is 1.08 bits per heavy atom. The monoisotopic (exact) mass is 461 g/mol. The molecule has 1 aliphatic heterocycles. The summed E-state index contributed by atoms with van der Waals surface area (Å²) in [4.78, 5) is 25.3. The lowest BCUT2D eigenvalue weighted by Crippen LogP contribution is -2.57. The van der Waals surface area contributed by atoms with Crippen LogP contribution in [-0.2, 0) is 10.3 Å². The number of hydrogen-bond acceptors (Lipinski definition) is 5. The molecular weight excluding hydrogens is 441 g/mol. The number of carbonyl (C=O) groups excluding carboxylic acids is 1. The molecule has 1 saturated heterocycles. The van der Waals surface area contributed by atoms with Gasteiger partial charge >= 0.3 is 0 Å². The first-order valence-corrected chi connectivity index (χ1v) is 8.64. The van der Waals surface area contributed by atoms with Crippen LogP contribution in [0, 0.1) is 0 Å². The Hall–Kier alpha value is -1.41. The van der Waals surface area contributed by atoms with E-state index in [9.17, 15) is 4.79 Å². The number of rotatable bonds is 3. The molecule has 0 radical (unpaired) electrons. The van der Waals surface area contributed by atoms with E-state index >= 15 is 0 Å². The Bertz CT molecular complexity index is 707. The van der Waals surface area contributed by atoms with E-state index in [1.54, 1.807) is 25.4 Å². The van der Waals surface area contributed by atoms with Crippen LogP contribution in [0.3, 0.4) is 0 Å². The third-order valence-electron chi connectivity index (χ3n) is 4.29. The van der Waals surface area contributed by atoms with Gasteiger partial charge in [-0.15, -0.1) is 24.8 Å². The largest absolute Gasteiger partial charge is 0.337 e. The zero-order chi connectivity index (χ0) is 17.2. The third-order valence-corrected chi connectivity index (χ3v) is 4.82. The first-order valence-electron chi connectivity index (χ1n) is 7.85. The van der Waals surface area contributed by atoms with Crippen molar-refractivity contribution in [1.29, 1.82) is 0 Å². The molecule has 1 atom stereocenters. The van der Waals surface area contributed by atoms with Crippen LogP contribution in [0.25, 0.3) is 0 Å². The van der Waals surface area contributed by atoms with E-state index in [1.165, 1.54) is 0 Å². The van der Waals surface area contributed by atoms with Crippen LogP contribution in [0.4, 0.5) is 5.95 Å². The summed E-state index contributed by atoms with van der Waals surface area (Å²) in [5, 5.41) is 0. The van der Waals surface area contributed by atoms with Crippen molar-refractivity contribution in [2.24, 2.45) is 5.73 Å². The Morgan fingerprint density at radius 2 is 1.62 bits per heavy atom. The molecule has 1 unspecified atom stereocenters. The fraction of sp³-hybridized carbons (Fsp3) is 0.353. The van der Waals surface area contributed by atoms with Crippen LogP contribution in [0.5, 0.6) is 0 Å². The Labute approximate surface area is 174 Å². The van der Waals surface area contributed by atoms with Gasteiger partial charge in [-0.05, 0) is 30.7 Å². The van der Waals surface area contributed by atoms with Crippen LogP contribution in [0.15, 0.2) is 47.2 Å². The van der Waals surface area contributed by atoms with Crippen LogP contribution < -0.4 is 10.6 Å². The molecule has 1 aromatic carbocycles. The summed E-state index contributed by atoms with van der Waals surface area (Å²) in [7, 11) is 0. The maximum absolute atomic E-state index is 12.9. The molecule has 9 heteroatoms. The molecule has 142 valence electrons. The van der Waals surface area contributed by atoms with E-state index in [1.807, 2.05) is 29.2 Å². The first-order chi connectivity index (χ1) is 11.5. The van der Waals surface area contributed by atoms with Crippen molar-refractivity contribution in [3.05, 3.63) is 52.8 Å². The van der Waals surface area contributed by atoms with Gasteiger partial charge in [0, 0.05) is 43.0 Å². The smallest absolute Gasteiger partial charge is 0.247 e. The number of anilines is 1. The number of nitrogens with two attached hydrogens (primary N) is 1. The van der Waals surface area contributed by atoms with E-state index < -0.39 is 5.54 Å². The second-order valence-corrected chi connectivity index (χ2v) is 6.95. The number of benzene rings is 1. The predicted molar refractivity (Wildman–Crippen MR) is 111 cm³/mol. The summed E-state index contributed by atoms with van der Waals surface area (Å²) in [5.41, 5.74) is 6.14. The van der Waals surface area contributed by atoms with E-state index in [0.717, 1.165) is 10.0 Å². The molecule has 2 N–H and O–H groups in total. The average molecular weight is 463 g/mol. The maximum atomic E-state index is 12.9. The van der Waals surface area contributed by atoms with Crippen molar-refractivity contribution >= 4 is 52.6 Å². The van der Waals surface area contributed by atoms with Crippen molar-refractivity contribution in [3.8, 4) is 0 Å². The molecule has 1 aromatic heterocycles. The number of nitrogens with zero attached hydrogens (tertiary/aromatic N) is 4. The van der Waals surface area contributed by atoms with Crippen LogP contribution in [0.2, 0.25) is 0 Å².